The Balaban J connectivity index is 1.91. The van der Waals surface area contributed by atoms with E-state index < -0.39 is 10.0 Å². The third-order valence-corrected chi connectivity index (χ3v) is 6.72. The lowest BCUT2D eigenvalue weighted by atomic mass is 10.2. The lowest BCUT2D eigenvalue weighted by molar-refractivity contribution is -0.128. The van der Waals surface area contributed by atoms with Crippen LogP contribution in [0.25, 0.3) is 0 Å². The van der Waals surface area contributed by atoms with Crippen molar-refractivity contribution in [3.63, 3.8) is 0 Å². The largest absolute Gasteiger partial charge is 0.497 e. The number of aryl methyl sites for hydroxylation is 1. The molecule has 0 saturated heterocycles. The molecule has 3 aromatic rings. The fourth-order valence-corrected chi connectivity index (χ4v) is 4.50. The Morgan fingerprint density at radius 2 is 1.52 bits per heavy atom. The molecule has 0 bridgehead atoms. The highest BCUT2D eigenvalue weighted by Crippen LogP contribution is 2.26. The summed E-state index contributed by atoms with van der Waals surface area (Å²) in [6, 6.07) is 22.8. The zero-order valence-electron chi connectivity index (χ0n) is 17.9. The SMILES string of the molecule is COc1ccc(N(CC(=O)N(C)Cc2ccccc2)S(=O)(=O)c2ccc(C)cc2)cc1. The van der Waals surface area contributed by atoms with Crippen LogP contribution in [0.3, 0.4) is 0 Å². The van der Waals surface area contributed by atoms with Crippen LogP contribution in [0.4, 0.5) is 5.69 Å². The Kier molecular flexibility index (Phi) is 6.97. The molecule has 0 saturated carbocycles. The minimum Gasteiger partial charge on any atom is -0.497 e. The number of carbonyl (C=O) groups is 1. The minimum atomic E-state index is -3.95. The fraction of sp³-hybridized carbons (Fsp3) is 0.208. The van der Waals surface area contributed by atoms with Crippen LogP contribution in [0.2, 0.25) is 0 Å². The number of methoxy groups -OCH3 is 1. The lowest BCUT2D eigenvalue weighted by Crippen LogP contribution is -2.41. The van der Waals surface area contributed by atoms with Gasteiger partial charge in [-0.2, -0.15) is 0 Å². The fourth-order valence-electron chi connectivity index (χ4n) is 3.09. The van der Waals surface area contributed by atoms with Crippen molar-refractivity contribution in [2.24, 2.45) is 0 Å². The molecule has 0 heterocycles. The third kappa shape index (κ3) is 5.44. The predicted molar refractivity (Wildman–Crippen MR) is 122 cm³/mol. The van der Waals surface area contributed by atoms with Crippen LogP contribution in [0.15, 0.2) is 83.8 Å². The molecule has 0 aliphatic carbocycles. The molecular formula is C24H26N2O4S. The normalized spacial score (nSPS) is 11.1. The summed E-state index contributed by atoms with van der Waals surface area (Å²) in [6.45, 7) is 1.96. The average molecular weight is 439 g/mol. The second-order valence-corrected chi connectivity index (χ2v) is 9.12. The monoisotopic (exact) mass is 438 g/mol. The summed E-state index contributed by atoms with van der Waals surface area (Å²) in [5, 5.41) is 0. The molecule has 1 amide bonds. The van der Waals surface area contributed by atoms with Crippen LogP contribution in [-0.4, -0.2) is 39.9 Å². The molecule has 0 N–H and O–H groups in total. The van der Waals surface area contributed by atoms with Crippen molar-refractivity contribution in [2.45, 2.75) is 18.4 Å². The van der Waals surface area contributed by atoms with Gasteiger partial charge >= 0.3 is 0 Å². The number of hydrogen-bond donors (Lipinski definition) is 0. The summed E-state index contributed by atoms with van der Waals surface area (Å²) in [5.74, 6) is 0.291. The molecule has 0 radical (unpaired) electrons. The molecule has 0 atom stereocenters. The van der Waals surface area contributed by atoms with E-state index in [1.165, 1.54) is 12.0 Å². The molecule has 3 rings (SSSR count). The van der Waals surface area contributed by atoms with Gasteiger partial charge in [0.05, 0.1) is 17.7 Å². The number of likely N-dealkylation sites (N-methyl/N-ethyl adjacent to an activating group) is 1. The van der Waals surface area contributed by atoms with Crippen LogP contribution in [0.5, 0.6) is 5.75 Å². The number of carbonyl (C=O) groups excluding carboxylic acids is 1. The lowest BCUT2D eigenvalue weighted by Gasteiger charge is -2.27. The Morgan fingerprint density at radius 3 is 2.10 bits per heavy atom. The summed E-state index contributed by atoms with van der Waals surface area (Å²) >= 11 is 0. The molecule has 3 aromatic carbocycles. The quantitative estimate of drug-likeness (QED) is 0.536. The summed E-state index contributed by atoms with van der Waals surface area (Å²) in [6.07, 6.45) is 0. The van der Waals surface area contributed by atoms with Gasteiger partial charge in [0, 0.05) is 13.6 Å². The smallest absolute Gasteiger partial charge is 0.264 e. The highest BCUT2D eigenvalue weighted by molar-refractivity contribution is 7.92. The van der Waals surface area contributed by atoms with Gasteiger partial charge in [-0.15, -0.1) is 0 Å². The summed E-state index contributed by atoms with van der Waals surface area (Å²) < 4.78 is 33.2. The second kappa shape index (κ2) is 9.66. The molecule has 31 heavy (non-hydrogen) atoms. The Labute approximate surface area is 183 Å². The number of anilines is 1. The van der Waals surface area contributed by atoms with Crippen molar-refractivity contribution < 1.29 is 17.9 Å². The third-order valence-electron chi connectivity index (χ3n) is 4.94. The summed E-state index contributed by atoms with van der Waals surface area (Å²) in [7, 11) is -0.741. The van der Waals surface area contributed by atoms with Crippen LogP contribution in [0.1, 0.15) is 11.1 Å². The molecule has 6 nitrogen and oxygen atoms in total. The van der Waals surface area contributed by atoms with Gasteiger partial charge in [-0.05, 0) is 48.9 Å². The van der Waals surface area contributed by atoms with E-state index in [9.17, 15) is 13.2 Å². The van der Waals surface area contributed by atoms with Crippen LogP contribution < -0.4 is 9.04 Å². The van der Waals surface area contributed by atoms with E-state index >= 15 is 0 Å². The predicted octanol–water partition coefficient (Wildman–Crippen LogP) is 3.86. The van der Waals surface area contributed by atoms with Crippen molar-refractivity contribution in [2.75, 3.05) is 25.0 Å². The standard InChI is InChI=1S/C24H26N2O4S/c1-19-9-15-23(16-10-19)31(28,29)26(21-11-13-22(30-3)14-12-21)18-24(27)25(2)17-20-7-5-4-6-8-20/h4-16H,17-18H2,1-3H3. The van der Waals surface area contributed by atoms with E-state index in [4.69, 9.17) is 4.74 Å². The molecule has 0 unspecified atom stereocenters. The van der Waals surface area contributed by atoms with E-state index in [1.807, 2.05) is 37.3 Å². The Morgan fingerprint density at radius 1 is 0.903 bits per heavy atom. The highest BCUT2D eigenvalue weighted by Gasteiger charge is 2.28. The topological polar surface area (TPSA) is 66.9 Å². The summed E-state index contributed by atoms with van der Waals surface area (Å²) in [5.41, 5.74) is 2.31. The van der Waals surface area contributed by atoms with Crippen molar-refractivity contribution in [1.29, 1.82) is 0 Å². The molecule has 0 spiro atoms. The molecule has 0 fully saturated rings. The number of sulfonamides is 1. The van der Waals surface area contributed by atoms with Gasteiger partial charge in [0.2, 0.25) is 5.91 Å². The number of nitrogens with zero attached hydrogens (tertiary/aromatic N) is 2. The van der Waals surface area contributed by atoms with E-state index in [-0.39, 0.29) is 17.3 Å². The number of benzene rings is 3. The van der Waals surface area contributed by atoms with Crippen LogP contribution in [-0.2, 0) is 21.4 Å². The number of rotatable bonds is 8. The zero-order chi connectivity index (χ0) is 22.4. The van der Waals surface area contributed by atoms with E-state index in [0.717, 1.165) is 15.4 Å². The first-order chi connectivity index (χ1) is 14.8. The zero-order valence-corrected chi connectivity index (χ0v) is 18.7. The maximum Gasteiger partial charge on any atom is 0.264 e. The first-order valence-corrected chi connectivity index (χ1v) is 11.3. The first-order valence-electron chi connectivity index (χ1n) is 9.82. The maximum absolute atomic E-state index is 13.4. The molecule has 7 heteroatoms. The van der Waals surface area contributed by atoms with Gasteiger partial charge in [-0.25, -0.2) is 8.42 Å². The Hall–Kier alpha value is -3.32. The number of hydrogen-bond acceptors (Lipinski definition) is 4. The average Bonchev–Trinajstić information content (AvgIpc) is 2.78. The molecule has 162 valence electrons. The second-order valence-electron chi connectivity index (χ2n) is 7.26. The van der Waals surface area contributed by atoms with Crippen LogP contribution in [0, 0.1) is 6.92 Å². The van der Waals surface area contributed by atoms with Crippen molar-refractivity contribution in [3.05, 3.63) is 90.0 Å². The number of ether oxygens (including phenoxy) is 1. The Bertz CT molecular complexity index is 1110. The van der Waals surface area contributed by atoms with Crippen LogP contribution >= 0.6 is 0 Å². The molecule has 0 aromatic heterocycles. The molecule has 0 aliphatic heterocycles. The van der Waals surface area contributed by atoms with Gasteiger partial charge in [0.1, 0.15) is 12.3 Å². The minimum absolute atomic E-state index is 0.132. The van der Waals surface area contributed by atoms with Crippen molar-refractivity contribution in [3.8, 4) is 5.75 Å². The first kappa shape index (κ1) is 22.4. The van der Waals surface area contributed by atoms with Gasteiger partial charge in [0.15, 0.2) is 0 Å². The van der Waals surface area contributed by atoms with Crippen molar-refractivity contribution in [1.82, 2.24) is 4.90 Å². The van der Waals surface area contributed by atoms with E-state index in [0.29, 0.717) is 18.0 Å². The summed E-state index contributed by atoms with van der Waals surface area (Å²) in [4.78, 5) is 14.6. The maximum atomic E-state index is 13.4. The van der Waals surface area contributed by atoms with Gasteiger partial charge in [0.25, 0.3) is 10.0 Å². The number of amides is 1. The van der Waals surface area contributed by atoms with Gasteiger partial charge in [-0.1, -0.05) is 48.0 Å². The van der Waals surface area contributed by atoms with E-state index in [1.54, 1.807) is 55.6 Å². The molecular weight excluding hydrogens is 412 g/mol. The molecule has 0 aliphatic rings. The van der Waals surface area contributed by atoms with E-state index in [2.05, 4.69) is 0 Å². The highest BCUT2D eigenvalue weighted by atomic mass is 32.2. The van der Waals surface area contributed by atoms with Gasteiger partial charge in [-0.3, -0.25) is 9.10 Å². The van der Waals surface area contributed by atoms with Crippen molar-refractivity contribution >= 4 is 21.6 Å². The van der Waals surface area contributed by atoms with Gasteiger partial charge < -0.3 is 9.64 Å².